The van der Waals surface area contributed by atoms with Crippen LogP contribution in [0.2, 0.25) is 0 Å². The third kappa shape index (κ3) is 1.63. The van der Waals surface area contributed by atoms with Gasteiger partial charge < -0.3 is 5.73 Å². The summed E-state index contributed by atoms with van der Waals surface area (Å²) in [4.78, 5) is 0. The normalized spacial score (nSPS) is 34.2. The molecule has 0 spiro atoms. The highest BCUT2D eigenvalue weighted by atomic mass is 79.9. The van der Waals surface area contributed by atoms with Crippen molar-refractivity contribution in [2.45, 2.75) is 37.6 Å². The molecule has 2 atom stereocenters. The Hall–Kier alpha value is -0.340. The van der Waals surface area contributed by atoms with Crippen LogP contribution in [-0.4, -0.2) is 0 Å². The molecule has 3 rings (SSSR count). The zero-order chi connectivity index (χ0) is 11.2. The Balaban J connectivity index is 1.83. The average Bonchev–Trinajstić information content (AvgIpc) is 2.77. The average molecular weight is 280 g/mol. The summed E-state index contributed by atoms with van der Waals surface area (Å²) in [7, 11) is 0. The summed E-state index contributed by atoms with van der Waals surface area (Å²) >= 11 is 3.63. The van der Waals surface area contributed by atoms with Crippen molar-refractivity contribution in [3.05, 3.63) is 34.3 Å². The number of hydrogen-bond donors (Lipinski definition) is 1. The first-order valence-electron chi connectivity index (χ1n) is 6.26. The first-order valence-corrected chi connectivity index (χ1v) is 7.05. The molecule has 0 aliphatic heterocycles. The molecule has 1 aromatic carbocycles. The molecular weight excluding hydrogens is 262 g/mol. The summed E-state index contributed by atoms with van der Waals surface area (Å²) in [5, 5.41) is 0. The number of nitrogens with two attached hydrogens (primary N) is 1. The molecule has 2 N–H and O–H groups in total. The van der Waals surface area contributed by atoms with Crippen LogP contribution in [0.4, 0.5) is 0 Å². The Bertz CT molecular complexity index is 397. The van der Waals surface area contributed by atoms with Gasteiger partial charge in [-0.05, 0) is 29.9 Å². The Morgan fingerprint density at radius 2 is 1.88 bits per heavy atom. The molecule has 2 unspecified atom stereocenters. The van der Waals surface area contributed by atoms with Gasteiger partial charge in [0.1, 0.15) is 0 Å². The third-order valence-electron chi connectivity index (χ3n) is 4.40. The predicted molar refractivity (Wildman–Crippen MR) is 70.1 cm³/mol. The van der Waals surface area contributed by atoms with Gasteiger partial charge >= 0.3 is 0 Å². The molecule has 0 radical (unpaired) electrons. The van der Waals surface area contributed by atoms with Crippen molar-refractivity contribution in [2.24, 2.45) is 17.6 Å². The fraction of sp³-hybridized carbons (Fsp3) is 0.571. The van der Waals surface area contributed by atoms with Crippen LogP contribution in [0, 0.1) is 11.8 Å². The van der Waals surface area contributed by atoms with Crippen LogP contribution in [-0.2, 0) is 5.54 Å². The van der Waals surface area contributed by atoms with E-state index in [-0.39, 0.29) is 5.54 Å². The second-order valence-electron chi connectivity index (χ2n) is 5.38. The number of hydrogen-bond acceptors (Lipinski definition) is 1. The monoisotopic (exact) mass is 279 g/mol. The first-order chi connectivity index (χ1) is 7.72. The second kappa shape index (κ2) is 3.85. The molecule has 2 aliphatic rings. The van der Waals surface area contributed by atoms with E-state index in [1.807, 2.05) is 0 Å². The smallest absolute Gasteiger partial charge is 0.0456 e. The van der Waals surface area contributed by atoms with Crippen molar-refractivity contribution >= 4 is 15.9 Å². The van der Waals surface area contributed by atoms with Crippen LogP contribution in [0.5, 0.6) is 0 Å². The molecule has 0 amide bonds. The van der Waals surface area contributed by atoms with Gasteiger partial charge in [0.15, 0.2) is 0 Å². The van der Waals surface area contributed by atoms with E-state index in [0.717, 1.165) is 11.8 Å². The fourth-order valence-electron chi connectivity index (χ4n) is 3.40. The van der Waals surface area contributed by atoms with E-state index in [4.69, 9.17) is 5.73 Å². The van der Waals surface area contributed by atoms with Crippen LogP contribution in [0.25, 0.3) is 0 Å². The number of benzene rings is 1. The minimum absolute atomic E-state index is 0.0326. The number of halogens is 1. The van der Waals surface area contributed by atoms with Gasteiger partial charge in [-0.1, -0.05) is 59.8 Å². The molecule has 2 fully saturated rings. The topological polar surface area (TPSA) is 26.0 Å². The number of rotatable bonds is 2. The minimum Gasteiger partial charge on any atom is -0.321 e. The fourth-order valence-corrected chi connectivity index (χ4v) is 4.05. The molecule has 16 heavy (non-hydrogen) atoms. The predicted octanol–water partition coefficient (Wildman–Crippen LogP) is 3.81. The molecule has 0 heterocycles. The highest BCUT2D eigenvalue weighted by Crippen LogP contribution is 2.58. The van der Waals surface area contributed by atoms with E-state index in [2.05, 4.69) is 40.2 Å². The molecule has 2 aliphatic carbocycles. The molecule has 0 bridgehead atoms. The maximum atomic E-state index is 6.56. The zero-order valence-electron chi connectivity index (χ0n) is 9.45. The highest BCUT2D eigenvalue weighted by molar-refractivity contribution is 9.10. The summed E-state index contributed by atoms with van der Waals surface area (Å²) in [6.45, 7) is 0. The van der Waals surface area contributed by atoms with E-state index < -0.39 is 0 Å². The van der Waals surface area contributed by atoms with Gasteiger partial charge in [0.25, 0.3) is 0 Å². The van der Waals surface area contributed by atoms with E-state index >= 15 is 0 Å². The van der Waals surface area contributed by atoms with Crippen molar-refractivity contribution in [1.82, 2.24) is 0 Å². The van der Waals surface area contributed by atoms with Crippen LogP contribution in [0.15, 0.2) is 28.7 Å². The zero-order valence-corrected chi connectivity index (χ0v) is 11.0. The molecular formula is C14H18BrN. The van der Waals surface area contributed by atoms with Gasteiger partial charge in [0.2, 0.25) is 0 Å². The van der Waals surface area contributed by atoms with Gasteiger partial charge in [-0.15, -0.1) is 0 Å². The Morgan fingerprint density at radius 1 is 1.19 bits per heavy atom. The van der Waals surface area contributed by atoms with Crippen molar-refractivity contribution in [1.29, 1.82) is 0 Å². The van der Waals surface area contributed by atoms with E-state index in [1.54, 1.807) is 0 Å². The minimum atomic E-state index is -0.0326. The Labute approximate surface area is 106 Å². The SMILES string of the molecule is NC1(c2ccccc2Br)CC1C1CCCC1. The Kier molecular flexibility index (Phi) is 2.60. The summed E-state index contributed by atoms with van der Waals surface area (Å²) in [6.07, 6.45) is 6.79. The largest absolute Gasteiger partial charge is 0.321 e. The van der Waals surface area contributed by atoms with Crippen molar-refractivity contribution in [2.75, 3.05) is 0 Å². The van der Waals surface area contributed by atoms with Gasteiger partial charge in [0, 0.05) is 10.0 Å². The van der Waals surface area contributed by atoms with Crippen LogP contribution in [0.1, 0.15) is 37.7 Å². The third-order valence-corrected chi connectivity index (χ3v) is 5.09. The maximum Gasteiger partial charge on any atom is 0.0456 e. The lowest BCUT2D eigenvalue weighted by atomic mass is 9.94. The molecule has 2 saturated carbocycles. The summed E-state index contributed by atoms with van der Waals surface area (Å²) in [6, 6.07) is 8.44. The molecule has 0 aromatic heterocycles. The van der Waals surface area contributed by atoms with E-state index in [0.29, 0.717) is 0 Å². The maximum absolute atomic E-state index is 6.56. The lowest BCUT2D eigenvalue weighted by Gasteiger charge is -2.17. The lowest BCUT2D eigenvalue weighted by Crippen LogP contribution is -2.25. The first kappa shape index (κ1) is 10.8. The quantitative estimate of drug-likeness (QED) is 0.875. The van der Waals surface area contributed by atoms with Gasteiger partial charge in [-0.3, -0.25) is 0 Å². The molecule has 0 saturated heterocycles. The molecule has 2 heteroatoms. The second-order valence-corrected chi connectivity index (χ2v) is 6.23. The molecule has 86 valence electrons. The Morgan fingerprint density at radius 3 is 2.56 bits per heavy atom. The van der Waals surface area contributed by atoms with Gasteiger partial charge in [-0.2, -0.15) is 0 Å². The van der Waals surface area contributed by atoms with Crippen molar-refractivity contribution < 1.29 is 0 Å². The van der Waals surface area contributed by atoms with E-state index in [1.165, 1.54) is 42.1 Å². The molecule has 1 aromatic rings. The van der Waals surface area contributed by atoms with Crippen molar-refractivity contribution in [3.63, 3.8) is 0 Å². The van der Waals surface area contributed by atoms with Crippen LogP contribution >= 0.6 is 15.9 Å². The summed E-state index contributed by atoms with van der Waals surface area (Å²) in [5.74, 6) is 1.62. The summed E-state index contributed by atoms with van der Waals surface area (Å²) < 4.78 is 1.18. The van der Waals surface area contributed by atoms with Gasteiger partial charge in [0.05, 0.1) is 0 Å². The summed E-state index contributed by atoms with van der Waals surface area (Å²) in [5.41, 5.74) is 7.84. The highest BCUT2D eigenvalue weighted by Gasteiger charge is 2.56. The lowest BCUT2D eigenvalue weighted by molar-refractivity contribution is 0.428. The van der Waals surface area contributed by atoms with Crippen LogP contribution < -0.4 is 5.73 Å². The van der Waals surface area contributed by atoms with E-state index in [9.17, 15) is 0 Å². The van der Waals surface area contributed by atoms with Crippen LogP contribution in [0.3, 0.4) is 0 Å². The standard InChI is InChI=1S/C14H18BrN/c15-13-8-4-3-7-11(13)14(16)9-12(14)10-5-1-2-6-10/h3-4,7-8,10,12H,1-2,5-6,9,16H2. The van der Waals surface area contributed by atoms with Gasteiger partial charge in [-0.25, -0.2) is 0 Å². The van der Waals surface area contributed by atoms with Crippen molar-refractivity contribution in [3.8, 4) is 0 Å². The molecule has 1 nitrogen and oxygen atoms in total.